The van der Waals surface area contributed by atoms with Crippen molar-refractivity contribution >= 4 is 23.3 Å². The third kappa shape index (κ3) is 6.72. The highest BCUT2D eigenvalue weighted by molar-refractivity contribution is 6.02. The number of aliphatic hydroxyl groups excluding tert-OH is 1. The van der Waals surface area contributed by atoms with E-state index in [-0.39, 0.29) is 37.4 Å². The molecular formula is C31H36N4O6. The Morgan fingerprint density at radius 1 is 1.02 bits per heavy atom. The average molecular weight is 561 g/mol. The predicted octanol–water partition coefficient (Wildman–Crippen LogP) is 4.41. The first-order valence-corrected chi connectivity index (χ1v) is 13.7. The number of benzene rings is 3. The molecule has 0 unspecified atom stereocenters. The molecule has 3 amide bonds. The number of amides is 3. The molecule has 10 heteroatoms. The van der Waals surface area contributed by atoms with Crippen LogP contribution < -0.4 is 24.8 Å². The molecule has 3 aromatic rings. The summed E-state index contributed by atoms with van der Waals surface area (Å²) in [6.07, 6.45) is -0.241. The van der Waals surface area contributed by atoms with E-state index in [0.29, 0.717) is 42.3 Å². The van der Waals surface area contributed by atoms with Crippen molar-refractivity contribution in [2.75, 3.05) is 44.2 Å². The van der Waals surface area contributed by atoms with Crippen molar-refractivity contribution in [1.82, 2.24) is 9.80 Å². The fourth-order valence-corrected chi connectivity index (χ4v) is 5.06. The number of fused-ring (bicyclic) bond motifs is 2. The van der Waals surface area contributed by atoms with Crippen LogP contribution in [-0.4, -0.2) is 72.5 Å². The number of urea groups is 1. The van der Waals surface area contributed by atoms with E-state index in [1.165, 1.54) is 0 Å². The highest BCUT2D eigenvalue weighted by atomic mass is 16.7. The smallest absolute Gasteiger partial charge is 0.323 e. The molecule has 216 valence electrons. The van der Waals surface area contributed by atoms with E-state index in [9.17, 15) is 14.7 Å². The van der Waals surface area contributed by atoms with Gasteiger partial charge in [-0.3, -0.25) is 9.69 Å². The molecule has 0 radical (unpaired) electrons. The zero-order valence-electron chi connectivity index (χ0n) is 23.5. The molecule has 41 heavy (non-hydrogen) atoms. The Morgan fingerprint density at radius 3 is 2.54 bits per heavy atom. The molecule has 0 saturated carbocycles. The normalized spacial score (nSPS) is 18.7. The van der Waals surface area contributed by atoms with Crippen LogP contribution in [0.25, 0.3) is 0 Å². The van der Waals surface area contributed by atoms with E-state index in [0.717, 1.165) is 17.1 Å². The molecule has 3 aromatic carbocycles. The molecule has 3 N–H and O–H groups in total. The average Bonchev–Trinajstić information content (AvgIpc) is 3.43. The second kappa shape index (κ2) is 12.5. The van der Waals surface area contributed by atoms with Gasteiger partial charge in [0.25, 0.3) is 5.91 Å². The molecule has 2 heterocycles. The molecule has 0 saturated heterocycles. The number of likely N-dealkylation sites (N-methyl/N-ethyl adjacent to an activating group) is 1. The van der Waals surface area contributed by atoms with Gasteiger partial charge in [-0.1, -0.05) is 31.2 Å². The molecule has 0 bridgehead atoms. The Bertz CT molecular complexity index is 1380. The van der Waals surface area contributed by atoms with Gasteiger partial charge in [-0.2, -0.15) is 0 Å². The van der Waals surface area contributed by atoms with E-state index in [2.05, 4.69) is 22.5 Å². The molecule has 10 nitrogen and oxygen atoms in total. The molecule has 0 spiro atoms. The lowest BCUT2D eigenvalue weighted by molar-refractivity contribution is 0.0341. The van der Waals surface area contributed by atoms with Gasteiger partial charge in [-0.25, -0.2) is 4.79 Å². The van der Waals surface area contributed by atoms with Gasteiger partial charge < -0.3 is 34.9 Å². The zero-order valence-corrected chi connectivity index (χ0v) is 23.5. The van der Waals surface area contributed by atoms with Crippen LogP contribution in [-0.2, 0) is 6.54 Å². The van der Waals surface area contributed by atoms with Crippen LogP contribution >= 0.6 is 0 Å². The van der Waals surface area contributed by atoms with E-state index in [1.807, 2.05) is 50.4 Å². The van der Waals surface area contributed by atoms with Crippen molar-refractivity contribution in [2.24, 2.45) is 5.92 Å². The number of para-hydroxylation sites is 1. The molecule has 0 aliphatic carbocycles. The van der Waals surface area contributed by atoms with Crippen molar-refractivity contribution in [3.63, 3.8) is 0 Å². The highest BCUT2D eigenvalue weighted by Gasteiger charge is 2.33. The number of ether oxygens (including phenoxy) is 3. The number of carbonyl (C=O) groups is 2. The van der Waals surface area contributed by atoms with Gasteiger partial charge in [-0.05, 0) is 62.0 Å². The second-order valence-corrected chi connectivity index (χ2v) is 10.7. The van der Waals surface area contributed by atoms with Crippen LogP contribution in [0.5, 0.6) is 17.2 Å². The van der Waals surface area contributed by atoms with E-state index in [4.69, 9.17) is 14.2 Å². The Morgan fingerprint density at radius 2 is 1.76 bits per heavy atom. The zero-order chi connectivity index (χ0) is 28.9. The number of hydrogen-bond donors (Lipinski definition) is 3. The van der Waals surface area contributed by atoms with Crippen LogP contribution in [0.1, 0.15) is 29.8 Å². The van der Waals surface area contributed by atoms with Gasteiger partial charge in [-0.15, -0.1) is 0 Å². The predicted molar refractivity (Wildman–Crippen MR) is 156 cm³/mol. The van der Waals surface area contributed by atoms with Crippen LogP contribution in [0.15, 0.2) is 66.7 Å². The number of nitrogens with zero attached hydrogens (tertiary/aromatic N) is 2. The molecule has 0 aromatic heterocycles. The molecule has 5 rings (SSSR count). The number of anilines is 2. The highest BCUT2D eigenvalue weighted by Crippen LogP contribution is 2.33. The van der Waals surface area contributed by atoms with Gasteiger partial charge >= 0.3 is 6.03 Å². The van der Waals surface area contributed by atoms with E-state index >= 15 is 0 Å². The summed E-state index contributed by atoms with van der Waals surface area (Å²) < 4.78 is 17.4. The summed E-state index contributed by atoms with van der Waals surface area (Å²) in [6.45, 7) is 5.63. The summed E-state index contributed by atoms with van der Waals surface area (Å²) in [5, 5.41) is 15.5. The summed E-state index contributed by atoms with van der Waals surface area (Å²) in [6, 6.07) is 19.3. The lowest BCUT2D eigenvalue weighted by Crippen LogP contribution is -2.49. The third-order valence-corrected chi connectivity index (χ3v) is 7.34. The Labute approximate surface area is 239 Å². The summed E-state index contributed by atoms with van der Waals surface area (Å²) in [7, 11) is 2.03. The first-order chi connectivity index (χ1) is 19.8. The first kappa shape index (κ1) is 28.3. The fourth-order valence-electron chi connectivity index (χ4n) is 5.06. The number of nitrogens with one attached hydrogen (secondary N) is 2. The van der Waals surface area contributed by atoms with Crippen molar-refractivity contribution in [2.45, 2.75) is 32.5 Å². The van der Waals surface area contributed by atoms with E-state index in [1.54, 1.807) is 35.2 Å². The van der Waals surface area contributed by atoms with Crippen molar-refractivity contribution in [1.29, 1.82) is 0 Å². The van der Waals surface area contributed by atoms with Crippen LogP contribution in [0.3, 0.4) is 0 Å². The Kier molecular flexibility index (Phi) is 8.61. The van der Waals surface area contributed by atoms with Gasteiger partial charge in [0, 0.05) is 36.9 Å². The third-order valence-electron chi connectivity index (χ3n) is 7.34. The minimum Gasteiger partial charge on any atom is -0.488 e. The maximum Gasteiger partial charge on any atom is 0.323 e. The Hall–Kier alpha value is -4.28. The quantitative estimate of drug-likeness (QED) is 0.374. The van der Waals surface area contributed by atoms with Crippen molar-refractivity contribution < 1.29 is 28.9 Å². The minimum atomic E-state index is -0.424. The van der Waals surface area contributed by atoms with Gasteiger partial charge in [0.05, 0.1) is 18.2 Å². The molecular weight excluding hydrogens is 524 g/mol. The maximum absolute atomic E-state index is 13.7. The summed E-state index contributed by atoms with van der Waals surface area (Å²) >= 11 is 0. The number of hydrogen-bond acceptors (Lipinski definition) is 7. The van der Waals surface area contributed by atoms with Gasteiger partial charge in [0.2, 0.25) is 6.79 Å². The monoisotopic (exact) mass is 560 g/mol. The Balaban J connectivity index is 1.35. The van der Waals surface area contributed by atoms with Gasteiger partial charge in [0.15, 0.2) is 11.5 Å². The number of rotatable bonds is 8. The van der Waals surface area contributed by atoms with Crippen molar-refractivity contribution in [3.05, 3.63) is 77.9 Å². The lowest BCUT2D eigenvalue weighted by Gasteiger charge is -2.38. The summed E-state index contributed by atoms with van der Waals surface area (Å²) in [4.78, 5) is 30.2. The largest absolute Gasteiger partial charge is 0.488 e. The standard InChI is InChI=1S/C31H36N4O6/c1-20-15-35(21(2)18-36)30(37)25-14-24(33-31(38)32-23-7-5-4-6-8-23)10-12-26(25)41-29(20)17-34(3)16-22-9-11-27-28(13-22)40-19-39-27/h4-14,20-21,29,36H,15-19H2,1-3H3,(H2,32,33,38)/t20-,21+,29+/m1/s1. The number of aliphatic hydroxyl groups is 1. The SMILES string of the molecule is C[C@@H]1CN([C@@H](C)CO)C(=O)c2cc(NC(=O)Nc3ccccc3)ccc2O[C@H]1CN(C)Cc1ccc2c(c1)OCO2. The van der Waals surface area contributed by atoms with Gasteiger partial charge in [0.1, 0.15) is 11.9 Å². The van der Waals surface area contributed by atoms with Crippen LogP contribution in [0.2, 0.25) is 0 Å². The van der Waals surface area contributed by atoms with Crippen LogP contribution in [0.4, 0.5) is 16.2 Å². The first-order valence-electron chi connectivity index (χ1n) is 13.7. The minimum absolute atomic E-state index is 0.0187. The van der Waals surface area contributed by atoms with Crippen LogP contribution in [0, 0.1) is 5.92 Å². The lowest BCUT2D eigenvalue weighted by atomic mass is 9.99. The second-order valence-electron chi connectivity index (χ2n) is 10.7. The maximum atomic E-state index is 13.7. The number of carbonyl (C=O) groups excluding carboxylic acids is 2. The molecule has 2 aliphatic heterocycles. The molecule has 0 fully saturated rings. The molecule has 3 atom stereocenters. The topological polar surface area (TPSA) is 113 Å². The van der Waals surface area contributed by atoms with E-state index < -0.39 is 6.03 Å². The van der Waals surface area contributed by atoms with Crippen molar-refractivity contribution in [3.8, 4) is 17.2 Å². The summed E-state index contributed by atoms with van der Waals surface area (Å²) in [5.41, 5.74) is 2.53. The summed E-state index contributed by atoms with van der Waals surface area (Å²) in [5.74, 6) is 1.66. The fraction of sp³-hybridized carbons (Fsp3) is 0.355. The molecule has 2 aliphatic rings.